The number of ether oxygens (including phenoxy) is 2. The Morgan fingerprint density at radius 3 is 2.88 bits per heavy atom. The molecule has 0 aliphatic carbocycles. The fourth-order valence-electron chi connectivity index (χ4n) is 1.16. The summed E-state index contributed by atoms with van der Waals surface area (Å²) in [6, 6.07) is 6.70. The van der Waals surface area contributed by atoms with E-state index in [0.717, 1.165) is 0 Å². The van der Waals surface area contributed by atoms with E-state index in [0.29, 0.717) is 22.9 Å². The highest BCUT2D eigenvalue weighted by atomic mass is 35.5. The van der Waals surface area contributed by atoms with Crippen molar-refractivity contribution in [1.82, 2.24) is 0 Å². The number of nitriles is 1. The van der Waals surface area contributed by atoms with Crippen molar-refractivity contribution in [2.75, 3.05) is 13.2 Å². The lowest BCUT2D eigenvalue weighted by Gasteiger charge is -2.06. The number of benzene rings is 1. The van der Waals surface area contributed by atoms with Crippen LogP contribution in [0, 0.1) is 11.3 Å². The molecule has 1 aromatic carbocycles. The maximum atomic E-state index is 11.0. The lowest BCUT2D eigenvalue weighted by Crippen LogP contribution is -2.09. The Kier molecular flexibility index (Phi) is 5.31. The van der Waals surface area contributed by atoms with Gasteiger partial charge < -0.3 is 9.47 Å². The van der Waals surface area contributed by atoms with Crippen molar-refractivity contribution < 1.29 is 14.3 Å². The molecule has 1 aromatic rings. The normalized spacial score (nSPS) is 9.47. The molecule has 4 nitrogen and oxygen atoms in total. The molecule has 0 fully saturated rings. The van der Waals surface area contributed by atoms with Crippen molar-refractivity contribution in [3.8, 4) is 11.8 Å². The van der Waals surface area contributed by atoms with Gasteiger partial charge in [-0.2, -0.15) is 5.26 Å². The predicted octanol–water partition coefficient (Wildman–Crippen LogP) is 2.54. The van der Waals surface area contributed by atoms with Gasteiger partial charge in [0, 0.05) is 6.07 Å². The van der Waals surface area contributed by atoms with Crippen LogP contribution in [0.5, 0.6) is 5.75 Å². The first kappa shape index (κ1) is 13.3. The molecular formula is C12H12ClNO3. The van der Waals surface area contributed by atoms with Crippen molar-refractivity contribution in [3.05, 3.63) is 28.8 Å². The van der Waals surface area contributed by atoms with Gasteiger partial charge >= 0.3 is 5.97 Å². The molecule has 0 aliphatic rings. The summed E-state index contributed by atoms with van der Waals surface area (Å²) < 4.78 is 10.1. The van der Waals surface area contributed by atoms with Crippen molar-refractivity contribution in [2.24, 2.45) is 0 Å². The number of carbonyl (C=O) groups excluding carboxylic acids is 1. The van der Waals surface area contributed by atoms with E-state index in [2.05, 4.69) is 0 Å². The van der Waals surface area contributed by atoms with Gasteiger partial charge in [-0.15, -0.1) is 0 Å². The molecule has 5 heteroatoms. The molecule has 0 amide bonds. The summed E-state index contributed by atoms with van der Waals surface area (Å²) in [6.07, 6.45) is 0.186. The number of esters is 1. The highest BCUT2D eigenvalue weighted by molar-refractivity contribution is 6.31. The number of carbonyl (C=O) groups is 1. The van der Waals surface area contributed by atoms with E-state index in [1.807, 2.05) is 6.07 Å². The van der Waals surface area contributed by atoms with E-state index in [-0.39, 0.29) is 19.0 Å². The highest BCUT2D eigenvalue weighted by Crippen LogP contribution is 2.21. The fraction of sp³-hybridized carbons (Fsp3) is 0.333. The van der Waals surface area contributed by atoms with Crippen LogP contribution in [0.1, 0.15) is 18.9 Å². The Labute approximate surface area is 105 Å². The maximum Gasteiger partial charge on any atom is 0.309 e. The Bertz CT molecular complexity index is 440. The first-order valence-corrected chi connectivity index (χ1v) is 5.53. The van der Waals surface area contributed by atoms with Gasteiger partial charge in [-0.1, -0.05) is 11.6 Å². The molecule has 0 atom stereocenters. The fourth-order valence-corrected chi connectivity index (χ4v) is 1.37. The van der Waals surface area contributed by atoms with Gasteiger partial charge in [0.25, 0.3) is 0 Å². The number of hydrogen-bond donors (Lipinski definition) is 0. The van der Waals surface area contributed by atoms with Gasteiger partial charge in [-0.25, -0.2) is 0 Å². The maximum absolute atomic E-state index is 11.0. The zero-order valence-electron chi connectivity index (χ0n) is 9.40. The van der Waals surface area contributed by atoms with Crippen molar-refractivity contribution >= 4 is 17.6 Å². The van der Waals surface area contributed by atoms with Gasteiger partial charge in [-0.3, -0.25) is 4.79 Å². The third-order valence-corrected chi connectivity index (χ3v) is 2.25. The van der Waals surface area contributed by atoms with Gasteiger partial charge in [-0.05, 0) is 19.1 Å². The van der Waals surface area contributed by atoms with Gasteiger partial charge in [0.05, 0.1) is 30.2 Å². The quantitative estimate of drug-likeness (QED) is 0.757. The average molecular weight is 254 g/mol. The SMILES string of the molecule is CCOC(=O)CCOc1ccc(C#N)c(Cl)c1. The molecule has 0 aromatic heterocycles. The minimum Gasteiger partial charge on any atom is -0.493 e. The average Bonchev–Trinajstić information content (AvgIpc) is 2.29. The molecule has 0 unspecified atom stereocenters. The molecule has 0 heterocycles. The van der Waals surface area contributed by atoms with Crippen LogP contribution in [-0.4, -0.2) is 19.2 Å². The second kappa shape index (κ2) is 6.77. The van der Waals surface area contributed by atoms with Crippen LogP contribution in [0.2, 0.25) is 5.02 Å². The van der Waals surface area contributed by atoms with E-state index < -0.39 is 0 Å². The third kappa shape index (κ3) is 4.33. The van der Waals surface area contributed by atoms with E-state index in [1.165, 1.54) is 0 Å². The topological polar surface area (TPSA) is 59.3 Å². The molecule has 17 heavy (non-hydrogen) atoms. The lowest BCUT2D eigenvalue weighted by molar-refractivity contribution is -0.143. The zero-order valence-corrected chi connectivity index (χ0v) is 10.2. The summed E-state index contributed by atoms with van der Waals surface area (Å²) in [6.45, 7) is 2.34. The third-order valence-electron chi connectivity index (χ3n) is 1.94. The summed E-state index contributed by atoms with van der Waals surface area (Å²) in [5.74, 6) is 0.227. The van der Waals surface area contributed by atoms with Crippen LogP contribution >= 0.6 is 11.6 Å². The van der Waals surface area contributed by atoms with Crippen LogP contribution in [0.3, 0.4) is 0 Å². The predicted molar refractivity (Wildman–Crippen MR) is 62.9 cm³/mol. The molecule has 0 radical (unpaired) electrons. The second-order valence-corrected chi connectivity index (χ2v) is 3.56. The summed E-state index contributed by atoms with van der Waals surface area (Å²) in [5, 5.41) is 9.02. The summed E-state index contributed by atoms with van der Waals surface area (Å²) in [7, 11) is 0. The summed E-state index contributed by atoms with van der Waals surface area (Å²) in [4.78, 5) is 11.0. The Hall–Kier alpha value is -1.73. The molecule has 0 bridgehead atoms. The Morgan fingerprint density at radius 2 is 2.29 bits per heavy atom. The van der Waals surface area contributed by atoms with E-state index >= 15 is 0 Å². The first-order chi connectivity index (χ1) is 8.17. The standard InChI is InChI=1S/C12H12ClNO3/c1-2-16-12(15)5-6-17-10-4-3-9(8-14)11(13)7-10/h3-4,7H,2,5-6H2,1H3. The zero-order chi connectivity index (χ0) is 12.7. The molecule has 1 rings (SSSR count). The minimum atomic E-state index is -0.299. The lowest BCUT2D eigenvalue weighted by atomic mass is 10.2. The van der Waals surface area contributed by atoms with Gasteiger partial charge in [0.15, 0.2) is 0 Å². The van der Waals surface area contributed by atoms with Crippen molar-refractivity contribution in [3.63, 3.8) is 0 Å². The molecule has 0 aliphatic heterocycles. The molecule has 90 valence electrons. The van der Waals surface area contributed by atoms with Gasteiger partial charge in [0.2, 0.25) is 0 Å². The number of halogens is 1. The monoisotopic (exact) mass is 253 g/mol. The summed E-state index contributed by atoms with van der Waals surface area (Å²) >= 11 is 5.83. The van der Waals surface area contributed by atoms with E-state index in [9.17, 15) is 4.79 Å². The molecule has 0 N–H and O–H groups in total. The van der Waals surface area contributed by atoms with Crippen LogP contribution in [-0.2, 0) is 9.53 Å². The van der Waals surface area contributed by atoms with Crippen LogP contribution in [0.4, 0.5) is 0 Å². The van der Waals surface area contributed by atoms with Gasteiger partial charge in [0.1, 0.15) is 11.8 Å². The van der Waals surface area contributed by atoms with Crippen LogP contribution in [0.15, 0.2) is 18.2 Å². The van der Waals surface area contributed by atoms with Crippen molar-refractivity contribution in [1.29, 1.82) is 5.26 Å². The Balaban J connectivity index is 2.45. The second-order valence-electron chi connectivity index (χ2n) is 3.16. The van der Waals surface area contributed by atoms with Crippen LogP contribution in [0.25, 0.3) is 0 Å². The molecule has 0 saturated carbocycles. The molecular weight excluding hydrogens is 242 g/mol. The van der Waals surface area contributed by atoms with E-state index in [1.54, 1.807) is 25.1 Å². The number of rotatable bonds is 5. The smallest absolute Gasteiger partial charge is 0.309 e. The summed E-state index contributed by atoms with van der Waals surface area (Å²) in [5.41, 5.74) is 0.393. The van der Waals surface area contributed by atoms with Crippen molar-refractivity contribution in [2.45, 2.75) is 13.3 Å². The minimum absolute atomic E-state index is 0.186. The van der Waals surface area contributed by atoms with E-state index in [4.69, 9.17) is 26.3 Å². The van der Waals surface area contributed by atoms with Crippen LogP contribution < -0.4 is 4.74 Å². The number of hydrogen-bond acceptors (Lipinski definition) is 4. The largest absolute Gasteiger partial charge is 0.493 e. The molecule has 0 spiro atoms. The highest BCUT2D eigenvalue weighted by Gasteiger charge is 2.04. The Morgan fingerprint density at radius 1 is 1.53 bits per heavy atom. The first-order valence-electron chi connectivity index (χ1n) is 5.15. The molecule has 0 saturated heterocycles. The number of nitrogens with zero attached hydrogens (tertiary/aromatic N) is 1.